The van der Waals surface area contributed by atoms with E-state index < -0.39 is 5.60 Å². The Balaban J connectivity index is 2.06. The van der Waals surface area contributed by atoms with E-state index in [4.69, 9.17) is 4.74 Å². The van der Waals surface area contributed by atoms with Crippen molar-refractivity contribution in [1.29, 1.82) is 0 Å². The lowest BCUT2D eigenvalue weighted by molar-refractivity contribution is 0.0222. The molecule has 0 radical (unpaired) electrons. The molecule has 0 fully saturated rings. The Kier molecular flexibility index (Phi) is 5.28. The lowest BCUT2D eigenvalue weighted by Gasteiger charge is -2.30. The molecule has 0 unspecified atom stereocenters. The highest BCUT2D eigenvalue weighted by atomic mass is 16.6. The minimum Gasteiger partial charge on any atom is -0.444 e. The smallest absolute Gasteiger partial charge is 0.410 e. The Morgan fingerprint density at radius 2 is 2.13 bits per heavy atom. The third-order valence-corrected chi connectivity index (χ3v) is 3.62. The summed E-state index contributed by atoms with van der Waals surface area (Å²) in [5.74, 6) is -0.193. The zero-order valence-electron chi connectivity index (χ0n) is 14.4. The van der Waals surface area contributed by atoms with Gasteiger partial charge in [0.25, 0.3) is 5.91 Å². The Morgan fingerprint density at radius 3 is 2.78 bits per heavy atom. The molecule has 7 nitrogen and oxygen atoms in total. The van der Waals surface area contributed by atoms with Crippen LogP contribution in [0.5, 0.6) is 0 Å². The number of rotatable bonds is 4. The third-order valence-electron chi connectivity index (χ3n) is 3.62. The van der Waals surface area contributed by atoms with Crippen LogP contribution < -0.4 is 5.32 Å². The second-order valence-corrected chi connectivity index (χ2v) is 6.79. The van der Waals surface area contributed by atoms with Gasteiger partial charge in [0.2, 0.25) is 0 Å². The van der Waals surface area contributed by atoms with Gasteiger partial charge in [0.05, 0.1) is 6.54 Å². The van der Waals surface area contributed by atoms with Crippen molar-refractivity contribution in [1.82, 2.24) is 20.4 Å². The number of ether oxygens (including phenoxy) is 1. The highest BCUT2D eigenvalue weighted by molar-refractivity contribution is 5.94. The molecule has 1 aromatic heterocycles. The minimum absolute atomic E-state index is 0.193. The van der Waals surface area contributed by atoms with E-state index in [1.165, 1.54) is 0 Å². The summed E-state index contributed by atoms with van der Waals surface area (Å²) in [6, 6.07) is 0. The summed E-state index contributed by atoms with van der Waals surface area (Å²) in [6.45, 7) is 9.12. The molecular weight excluding hydrogens is 296 g/mol. The maximum absolute atomic E-state index is 12.2. The molecule has 0 bridgehead atoms. The molecule has 0 aromatic carbocycles. The number of carbonyl (C=O) groups excluding carboxylic acids is 2. The van der Waals surface area contributed by atoms with Crippen molar-refractivity contribution in [3.63, 3.8) is 0 Å². The highest BCUT2D eigenvalue weighted by Gasteiger charge is 2.30. The molecule has 2 N–H and O–H groups in total. The summed E-state index contributed by atoms with van der Waals surface area (Å²) in [5, 5.41) is 9.91. The molecule has 0 spiro atoms. The average Bonchev–Trinajstić information content (AvgIpc) is 2.88. The molecule has 7 heteroatoms. The van der Waals surface area contributed by atoms with Crippen LogP contribution in [0.4, 0.5) is 4.79 Å². The molecule has 1 aliphatic heterocycles. The van der Waals surface area contributed by atoms with Crippen LogP contribution in [0.3, 0.4) is 0 Å². The van der Waals surface area contributed by atoms with Crippen LogP contribution in [0.2, 0.25) is 0 Å². The largest absolute Gasteiger partial charge is 0.444 e. The molecular formula is C16H26N4O3. The summed E-state index contributed by atoms with van der Waals surface area (Å²) in [5.41, 5.74) is 1.56. The van der Waals surface area contributed by atoms with E-state index in [1.54, 1.807) is 4.90 Å². The van der Waals surface area contributed by atoms with E-state index in [1.807, 2.05) is 20.8 Å². The van der Waals surface area contributed by atoms with Crippen LogP contribution >= 0.6 is 0 Å². The molecule has 1 aliphatic rings. The van der Waals surface area contributed by atoms with E-state index in [2.05, 4.69) is 22.4 Å². The van der Waals surface area contributed by atoms with Gasteiger partial charge in [-0.05, 0) is 27.2 Å². The van der Waals surface area contributed by atoms with Crippen LogP contribution in [0.25, 0.3) is 0 Å². The number of amides is 2. The fourth-order valence-corrected chi connectivity index (χ4v) is 2.43. The summed E-state index contributed by atoms with van der Waals surface area (Å²) in [6.07, 6.45) is 2.24. The Hall–Kier alpha value is -2.05. The van der Waals surface area contributed by atoms with E-state index in [-0.39, 0.29) is 12.0 Å². The molecule has 0 saturated heterocycles. The van der Waals surface area contributed by atoms with E-state index in [0.29, 0.717) is 31.7 Å². The van der Waals surface area contributed by atoms with Crippen molar-refractivity contribution in [3.05, 3.63) is 17.0 Å². The molecule has 1 aromatic rings. The number of hydrogen-bond acceptors (Lipinski definition) is 4. The van der Waals surface area contributed by atoms with Crippen molar-refractivity contribution in [2.24, 2.45) is 0 Å². The second-order valence-electron chi connectivity index (χ2n) is 6.79. The molecule has 0 atom stereocenters. The van der Waals surface area contributed by atoms with Crippen molar-refractivity contribution < 1.29 is 14.3 Å². The number of aromatic amines is 1. The topological polar surface area (TPSA) is 87.3 Å². The molecule has 0 saturated carbocycles. The Bertz CT molecular complexity index is 574. The lowest BCUT2D eigenvalue weighted by Crippen LogP contribution is -2.40. The van der Waals surface area contributed by atoms with E-state index >= 15 is 0 Å². The van der Waals surface area contributed by atoms with Crippen molar-refractivity contribution in [2.45, 2.75) is 59.1 Å². The average molecular weight is 322 g/mol. The predicted octanol–water partition coefficient (Wildman–Crippen LogP) is 2.23. The number of nitrogens with one attached hydrogen (secondary N) is 2. The van der Waals surface area contributed by atoms with Crippen LogP contribution in [0.15, 0.2) is 0 Å². The fraction of sp³-hybridized carbons (Fsp3) is 0.688. The van der Waals surface area contributed by atoms with Crippen LogP contribution in [0, 0.1) is 0 Å². The van der Waals surface area contributed by atoms with Crippen LogP contribution in [-0.2, 0) is 17.7 Å². The van der Waals surface area contributed by atoms with Gasteiger partial charge in [-0.15, -0.1) is 0 Å². The number of nitrogens with zero attached hydrogens (tertiary/aromatic N) is 2. The van der Waals surface area contributed by atoms with Crippen molar-refractivity contribution in [3.8, 4) is 0 Å². The zero-order chi connectivity index (χ0) is 17.0. The summed E-state index contributed by atoms with van der Waals surface area (Å²) < 4.78 is 5.40. The van der Waals surface area contributed by atoms with Gasteiger partial charge in [0.15, 0.2) is 5.69 Å². The third kappa shape index (κ3) is 4.46. The first-order valence-electron chi connectivity index (χ1n) is 8.14. The molecule has 2 rings (SSSR count). The normalized spacial score (nSPS) is 14.3. The number of hydrogen-bond donors (Lipinski definition) is 2. The van der Waals surface area contributed by atoms with Gasteiger partial charge in [0.1, 0.15) is 5.60 Å². The first-order chi connectivity index (χ1) is 10.8. The molecule has 0 aliphatic carbocycles. The van der Waals surface area contributed by atoms with Gasteiger partial charge in [-0.2, -0.15) is 5.10 Å². The second kappa shape index (κ2) is 7.02. The number of unbranched alkanes of at least 4 members (excludes halogenated alkanes) is 1. The Morgan fingerprint density at radius 1 is 1.39 bits per heavy atom. The maximum Gasteiger partial charge on any atom is 0.410 e. The van der Waals surface area contributed by atoms with Gasteiger partial charge < -0.3 is 15.0 Å². The minimum atomic E-state index is -0.534. The quantitative estimate of drug-likeness (QED) is 0.832. The van der Waals surface area contributed by atoms with Crippen molar-refractivity contribution >= 4 is 12.0 Å². The standard InChI is InChI=1S/C16H26N4O3/c1-5-6-8-17-14(21)13-11-10-20(9-7-12(11)18-19-13)15(22)23-16(2,3)4/h5-10H2,1-4H3,(H,17,21)(H,18,19). The SMILES string of the molecule is CCCCNC(=O)c1n[nH]c2c1CN(C(=O)OC(C)(C)C)CC2. The first kappa shape index (κ1) is 17.3. The zero-order valence-corrected chi connectivity index (χ0v) is 14.4. The number of fused-ring (bicyclic) bond motifs is 1. The summed E-state index contributed by atoms with van der Waals surface area (Å²) in [4.78, 5) is 26.1. The van der Waals surface area contributed by atoms with Gasteiger partial charge in [-0.25, -0.2) is 4.79 Å². The van der Waals surface area contributed by atoms with Gasteiger partial charge in [-0.3, -0.25) is 9.89 Å². The summed E-state index contributed by atoms with van der Waals surface area (Å²) >= 11 is 0. The highest BCUT2D eigenvalue weighted by Crippen LogP contribution is 2.22. The molecule has 2 heterocycles. The first-order valence-corrected chi connectivity index (χ1v) is 8.14. The maximum atomic E-state index is 12.2. The molecule has 23 heavy (non-hydrogen) atoms. The molecule has 2 amide bonds. The molecule has 128 valence electrons. The Labute approximate surface area is 136 Å². The monoisotopic (exact) mass is 322 g/mol. The number of H-pyrrole nitrogens is 1. The number of aromatic nitrogens is 2. The lowest BCUT2D eigenvalue weighted by atomic mass is 10.1. The van der Waals surface area contributed by atoms with Crippen LogP contribution in [0.1, 0.15) is 62.3 Å². The van der Waals surface area contributed by atoms with Gasteiger partial charge in [-0.1, -0.05) is 13.3 Å². The van der Waals surface area contributed by atoms with E-state index in [9.17, 15) is 9.59 Å². The fourth-order valence-electron chi connectivity index (χ4n) is 2.43. The summed E-state index contributed by atoms with van der Waals surface area (Å²) in [7, 11) is 0. The predicted molar refractivity (Wildman–Crippen MR) is 86.2 cm³/mol. The van der Waals surface area contributed by atoms with Crippen molar-refractivity contribution in [2.75, 3.05) is 13.1 Å². The van der Waals surface area contributed by atoms with Gasteiger partial charge in [0, 0.05) is 30.8 Å². The van der Waals surface area contributed by atoms with Crippen LogP contribution in [-0.4, -0.2) is 45.8 Å². The van der Waals surface area contributed by atoms with Gasteiger partial charge >= 0.3 is 6.09 Å². The number of carbonyl (C=O) groups is 2. The van der Waals surface area contributed by atoms with E-state index in [0.717, 1.165) is 24.1 Å².